The molecule has 3 heterocycles. The second-order valence-electron chi connectivity index (χ2n) is 4.66. The van der Waals surface area contributed by atoms with Gasteiger partial charge >= 0.3 is 0 Å². The van der Waals surface area contributed by atoms with Gasteiger partial charge in [0.15, 0.2) is 0 Å². The number of nitrogens with zero attached hydrogens (tertiary/aromatic N) is 1. The second kappa shape index (κ2) is 4.03. The highest BCUT2D eigenvalue weighted by Crippen LogP contribution is 2.37. The minimum Gasteiger partial charge on any atom is -0.477 e. The monoisotopic (exact) mass is 220 g/mol. The van der Waals surface area contributed by atoms with Crippen molar-refractivity contribution in [1.29, 1.82) is 0 Å². The summed E-state index contributed by atoms with van der Waals surface area (Å²) >= 11 is 0. The van der Waals surface area contributed by atoms with E-state index in [-0.39, 0.29) is 5.41 Å². The molecule has 0 spiro atoms. The zero-order valence-corrected chi connectivity index (χ0v) is 9.19. The van der Waals surface area contributed by atoms with Crippen molar-refractivity contribution < 1.29 is 9.47 Å². The molecule has 4 nitrogen and oxygen atoms in total. The summed E-state index contributed by atoms with van der Waals surface area (Å²) in [4.78, 5) is 4.17. The van der Waals surface area contributed by atoms with Crippen molar-refractivity contribution in [2.45, 2.75) is 0 Å². The Balaban J connectivity index is 1.66. The summed E-state index contributed by atoms with van der Waals surface area (Å²) in [6.07, 6.45) is 1.75. The van der Waals surface area contributed by atoms with Crippen molar-refractivity contribution in [3.8, 4) is 5.88 Å². The number of fused-ring (bicyclic) bond motifs is 1. The Morgan fingerprint density at radius 1 is 1.56 bits per heavy atom. The third kappa shape index (κ3) is 1.68. The summed E-state index contributed by atoms with van der Waals surface area (Å²) in [5.74, 6) is 1.30. The fraction of sp³-hybridized carbons (Fsp3) is 0.583. The molecule has 4 heteroatoms. The largest absolute Gasteiger partial charge is 0.477 e. The number of hydrogen-bond acceptors (Lipinski definition) is 4. The van der Waals surface area contributed by atoms with Crippen LogP contribution in [-0.4, -0.2) is 37.9 Å². The number of rotatable bonds is 3. The SMILES string of the molecule is c1ccc(OC[C@]23CNC[C@H]2COC3)nc1. The molecule has 2 saturated heterocycles. The Bertz CT molecular complexity index is 345. The predicted octanol–water partition coefficient (Wildman–Crippen LogP) is 0.696. The maximum Gasteiger partial charge on any atom is 0.213 e. The molecule has 2 atom stereocenters. The van der Waals surface area contributed by atoms with E-state index in [0.29, 0.717) is 18.4 Å². The summed E-state index contributed by atoms with van der Waals surface area (Å²) in [7, 11) is 0. The molecule has 0 unspecified atom stereocenters. The maximum atomic E-state index is 5.76. The predicted molar refractivity (Wildman–Crippen MR) is 59.3 cm³/mol. The van der Waals surface area contributed by atoms with E-state index in [9.17, 15) is 0 Å². The van der Waals surface area contributed by atoms with Crippen LogP contribution in [-0.2, 0) is 4.74 Å². The van der Waals surface area contributed by atoms with E-state index in [0.717, 1.165) is 26.3 Å². The topological polar surface area (TPSA) is 43.4 Å². The van der Waals surface area contributed by atoms with Gasteiger partial charge in [-0.05, 0) is 6.07 Å². The third-order valence-electron chi connectivity index (χ3n) is 3.59. The van der Waals surface area contributed by atoms with Gasteiger partial charge in [-0.1, -0.05) is 6.07 Å². The first-order chi connectivity index (χ1) is 7.89. The molecule has 2 aliphatic heterocycles. The van der Waals surface area contributed by atoms with Gasteiger partial charge < -0.3 is 14.8 Å². The van der Waals surface area contributed by atoms with Crippen LogP contribution in [0.4, 0.5) is 0 Å². The number of nitrogens with one attached hydrogen (secondary N) is 1. The molecule has 1 N–H and O–H groups in total. The van der Waals surface area contributed by atoms with E-state index >= 15 is 0 Å². The fourth-order valence-corrected chi connectivity index (χ4v) is 2.53. The molecule has 0 aliphatic carbocycles. The first-order valence-corrected chi connectivity index (χ1v) is 5.71. The Hall–Kier alpha value is -1.13. The molecule has 2 fully saturated rings. The first-order valence-electron chi connectivity index (χ1n) is 5.71. The zero-order chi connectivity index (χ0) is 10.8. The van der Waals surface area contributed by atoms with Crippen molar-refractivity contribution in [3.05, 3.63) is 24.4 Å². The molecule has 86 valence electrons. The van der Waals surface area contributed by atoms with E-state index in [4.69, 9.17) is 9.47 Å². The maximum absolute atomic E-state index is 5.76. The normalized spacial score (nSPS) is 32.6. The van der Waals surface area contributed by atoms with Crippen LogP contribution in [0.3, 0.4) is 0 Å². The van der Waals surface area contributed by atoms with E-state index in [1.54, 1.807) is 6.20 Å². The van der Waals surface area contributed by atoms with E-state index in [2.05, 4.69) is 10.3 Å². The summed E-state index contributed by atoms with van der Waals surface area (Å²) in [6.45, 7) is 4.40. The van der Waals surface area contributed by atoms with Gasteiger partial charge in [0.1, 0.15) is 0 Å². The Morgan fingerprint density at radius 3 is 3.44 bits per heavy atom. The Labute approximate surface area is 95.0 Å². The molecule has 3 rings (SSSR count). The lowest BCUT2D eigenvalue weighted by atomic mass is 9.82. The van der Waals surface area contributed by atoms with Crippen molar-refractivity contribution in [2.75, 3.05) is 32.9 Å². The van der Waals surface area contributed by atoms with Crippen LogP contribution in [0.5, 0.6) is 5.88 Å². The molecule has 0 bridgehead atoms. The minimum absolute atomic E-state index is 0.164. The lowest BCUT2D eigenvalue weighted by molar-refractivity contribution is 0.106. The van der Waals surface area contributed by atoms with Gasteiger partial charge in [0.05, 0.1) is 19.8 Å². The number of hydrogen-bond donors (Lipinski definition) is 1. The van der Waals surface area contributed by atoms with Crippen molar-refractivity contribution in [2.24, 2.45) is 11.3 Å². The molecule has 0 saturated carbocycles. The van der Waals surface area contributed by atoms with E-state index < -0.39 is 0 Å². The molecular weight excluding hydrogens is 204 g/mol. The van der Waals surface area contributed by atoms with Gasteiger partial charge in [-0.2, -0.15) is 0 Å². The van der Waals surface area contributed by atoms with Gasteiger partial charge in [-0.15, -0.1) is 0 Å². The third-order valence-corrected chi connectivity index (χ3v) is 3.59. The molecule has 2 aliphatic rings. The van der Waals surface area contributed by atoms with Crippen molar-refractivity contribution >= 4 is 0 Å². The highest BCUT2D eigenvalue weighted by atomic mass is 16.5. The van der Waals surface area contributed by atoms with Crippen LogP contribution in [0, 0.1) is 11.3 Å². The molecule has 16 heavy (non-hydrogen) atoms. The summed E-state index contributed by atoms with van der Waals surface area (Å²) in [5.41, 5.74) is 0.164. The molecule has 0 amide bonds. The first kappa shape index (κ1) is 10.1. The number of pyridine rings is 1. The fourth-order valence-electron chi connectivity index (χ4n) is 2.53. The van der Waals surface area contributed by atoms with Gasteiger partial charge in [0.25, 0.3) is 0 Å². The molecule has 1 aromatic rings. The molecule has 1 aromatic heterocycles. The summed E-state index contributed by atoms with van der Waals surface area (Å²) in [6, 6.07) is 5.73. The lowest BCUT2D eigenvalue weighted by Crippen LogP contribution is -2.36. The van der Waals surface area contributed by atoms with Crippen LogP contribution in [0.25, 0.3) is 0 Å². The zero-order valence-electron chi connectivity index (χ0n) is 9.19. The highest BCUT2D eigenvalue weighted by molar-refractivity contribution is 5.10. The molecule has 0 radical (unpaired) electrons. The Morgan fingerprint density at radius 2 is 2.56 bits per heavy atom. The summed E-state index contributed by atoms with van der Waals surface area (Å²) in [5, 5.41) is 3.42. The van der Waals surface area contributed by atoms with Crippen LogP contribution < -0.4 is 10.1 Å². The van der Waals surface area contributed by atoms with E-state index in [1.807, 2.05) is 18.2 Å². The number of aromatic nitrogens is 1. The average molecular weight is 220 g/mol. The standard InChI is InChI=1S/C12H16N2O2/c1-2-4-14-11(3-1)16-9-12-7-13-5-10(12)6-15-8-12/h1-4,10,13H,5-9H2/t10-,12+/m0/s1. The van der Waals surface area contributed by atoms with Crippen LogP contribution >= 0.6 is 0 Å². The highest BCUT2D eigenvalue weighted by Gasteiger charge is 2.48. The van der Waals surface area contributed by atoms with Crippen molar-refractivity contribution in [1.82, 2.24) is 10.3 Å². The minimum atomic E-state index is 0.164. The van der Waals surface area contributed by atoms with Crippen LogP contribution in [0.15, 0.2) is 24.4 Å². The quantitative estimate of drug-likeness (QED) is 0.814. The smallest absolute Gasteiger partial charge is 0.213 e. The Kier molecular flexibility index (Phi) is 2.53. The van der Waals surface area contributed by atoms with Crippen LogP contribution in [0.1, 0.15) is 0 Å². The second-order valence-corrected chi connectivity index (χ2v) is 4.66. The van der Waals surface area contributed by atoms with Gasteiger partial charge in [-0.3, -0.25) is 0 Å². The van der Waals surface area contributed by atoms with Gasteiger partial charge in [0, 0.05) is 36.7 Å². The van der Waals surface area contributed by atoms with E-state index in [1.165, 1.54) is 0 Å². The summed E-state index contributed by atoms with van der Waals surface area (Å²) < 4.78 is 11.3. The van der Waals surface area contributed by atoms with Crippen LogP contribution in [0.2, 0.25) is 0 Å². The molecule has 0 aromatic carbocycles. The molecular formula is C12H16N2O2. The lowest BCUT2D eigenvalue weighted by Gasteiger charge is -2.25. The average Bonchev–Trinajstić information content (AvgIpc) is 2.87. The van der Waals surface area contributed by atoms with Crippen molar-refractivity contribution in [3.63, 3.8) is 0 Å². The van der Waals surface area contributed by atoms with Gasteiger partial charge in [0.2, 0.25) is 5.88 Å². The van der Waals surface area contributed by atoms with Gasteiger partial charge in [-0.25, -0.2) is 4.98 Å². The number of ether oxygens (including phenoxy) is 2.